The zero-order valence-corrected chi connectivity index (χ0v) is 18.5. The van der Waals surface area contributed by atoms with Crippen molar-refractivity contribution < 1.29 is 37.0 Å². The normalized spacial score (nSPS) is 26.3. The summed E-state index contributed by atoms with van der Waals surface area (Å²) in [5.74, 6) is -2.15. The first-order valence-corrected chi connectivity index (χ1v) is 10.8. The van der Waals surface area contributed by atoms with Gasteiger partial charge in [0.2, 0.25) is 0 Å². The van der Waals surface area contributed by atoms with Crippen molar-refractivity contribution >= 4 is 29.3 Å². The van der Waals surface area contributed by atoms with Gasteiger partial charge in [0.25, 0.3) is 5.91 Å². The third-order valence-corrected chi connectivity index (χ3v) is 6.09. The number of carbonyl (C=O) groups is 3. The number of amides is 2. The Hall–Kier alpha value is -2.98. The molecule has 2 heterocycles. The number of hydrogen-bond acceptors (Lipinski definition) is 6. The van der Waals surface area contributed by atoms with Crippen LogP contribution >= 0.6 is 0 Å². The van der Waals surface area contributed by atoms with E-state index in [2.05, 4.69) is 0 Å². The Labute approximate surface area is 189 Å². The van der Waals surface area contributed by atoms with Gasteiger partial charge in [-0.2, -0.15) is 8.78 Å². The van der Waals surface area contributed by atoms with Gasteiger partial charge in [0, 0.05) is 19.6 Å². The second kappa shape index (κ2) is 8.42. The molecule has 8 nitrogen and oxygen atoms in total. The Morgan fingerprint density at radius 1 is 1.24 bits per heavy atom. The Bertz CT molecular complexity index is 955. The standard InChI is InChI=1S/C22H26F3N3O5/c1-22(2,3)33-20(30)17-13-8-27(9-14(13)17)16-5-4-11(6-15(16)23)28-12(10-32-21(28)31)7-26-19(29)18(24)25/h4-6,12-14,17-18H,7-10H2,1-3H3,(H,26,29)/t12-,13-,14+,17?/m0/s1. The molecule has 0 radical (unpaired) electrons. The van der Waals surface area contributed by atoms with Crippen LogP contribution in [0.3, 0.4) is 0 Å². The number of rotatable bonds is 6. The minimum atomic E-state index is -3.17. The number of carbonyl (C=O) groups excluding carboxylic acids is 3. The molecule has 4 atom stereocenters. The van der Waals surface area contributed by atoms with Crippen LogP contribution in [0.5, 0.6) is 0 Å². The largest absolute Gasteiger partial charge is 0.460 e. The summed E-state index contributed by atoms with van der Waals surface area (Å²) in [6.45, 7) is 6.14. The van der Waals surface area contributed by atoms with Gasteiger partial charge in [-0.05, 0) is 50.8 Å². The molecular formula is C22H26F3N3O5. The maximum atomic E-state index is 15.0. The number of ether oxygens (including phenoxy) is 2. The number of benzene rings is 1. The van der Waals surface area contributed by atoms with Gasteiger partial charge in [0.1, 0.15) is 18.0 Å². The van der Waals surface area contributed by atoms with E-state index < -0.39 is 35.9 Å². The van der Waals surface area contributed by atoms with Crippen LogP contribution in [0.25, 0.3) is 0 Å². The first-order chi connectivity index (χ1) is 15.5. The number of hydrogen-bond donors (Lipinski definition) is 1. The minimum Gasteiger partial charge on any atom is -0.460 e. The lowest BCUT2D eigenvalue weighted by Crippen LogP contribution is -2.44. The third kappa shape index (κ3) is 4.72. The topological polar surface area (TPSA) is 88.2 Å². The predicted octanol–water partition coefficient (Wildman–Crippen LogP) is 2.56. The van der Waals surface area contributed by atoms with Gasteiger partial charge in [0.05, 0.1) is 23.3 Å². The van der Waals surface area contributed by atoms with E-state index in [1.807, 2.05) is 31.0 Å². The molecule has 3 aliphatic rings. The van der Waals surface area contributed by atoms with E-state index in [0.717, 1.165) is 4.90 Å². The van der Waals surface area contributed by atoms with E-state index in [4.69, 9.17) is 9.47 Å². The van der Waals surface area contributed by atoms with Crippen LogP contribution in [0, 0.1) is 23.6 Å². The molecule has 1 aromatic carbocycles. The Kier molecular flexibility index (Phi) is 5.92. The SMILES string of the molecule is CC(C)(C)OC(=O)C1[C@H]2CN(c3ccc(N4C(=O)OC[C@@H]4CNC(=O)C(F)F)cc3F)C[C@@H]12. The highest BCUT2D eigenvalue weighted by Crippen LogP contribution is 2.53. The van der Waals surface area contributed by atoms with Crippen LogP contribution in [-0.2, 0) is 19.1 Å². The summed E-state index contributed by atoms with van der Waals surface area (Å²) in [4.78, 5) is 38.6. The zero-order chi connectivity index (χ0) is 24.1. The van der Waals surface area contributed by atoms with Crippen molar-refractivity contribution in [3.63, 3.8) is 0 Å². The molecule has 1 aromatic rings. The van der Waals surface area contributed by atoms with Crippen molar-refractivity contribution in [2.24, 2.45) is 17.8 Å². The molecule has 2 amide bonds. The zero-order valence-electron chi connectivity index (χ0n) is 18.5. The maximum Gasteiger partial charge on any atom is 0.414 e. The van der Waals surface area contributed by atoms with Gasteiger partial charge < -0.3 is 19.7 Å². The van der Waals surface area contributed by atoms with E-state index in [-0.39, 0.29) is 42.6 Å². The number of anilines is 2. The van der Waals surface area contributed by atoms with Crippen molar-refractivity contribution in [1.29, 1.82) is 0 Å². The molecule has 33 heavy (non-hydrogen) atoms. The molecule has 2 aliphatic heterocycles. The van der Waals surface area contributed by atoms with Gasteiger partial charge in [0.15, 0.2) is 0 Å². The summed E-state index contributed by atoms with van der Waals surface area (Å²) < 4.78 is 50.2. The van der Waals surface area contributed by atoms with Crippen molar-refractivity contribution in [2.45, 2.75) is 38.8 Å². The van der Waals surface area contributed by atoms with Crippen LogP contribution in [0.1, 0.15) is 20.8 Å². The molecule has 180 valence electrons. The quantitative estimate of drug-likeness (QED) is 0.645. The first kappa shape index (κ1) is 23.2. The van der Waals surface area contributed by atoms with E-state index in [1.54, 1.807) is 6.07 Å². The second-order valence-corrected chi connectivity index (χ2v) is 9.57. The fourth-order valence-electron chi connectivity index (χ4n) is 4.57. The fraction of sp³-hybridized carbons (Fsp3) is 0.591. The molecule has 0 bridgehead atoms. The number of cyclic esters (lactones) is 1. The van der Waals surface area contributed by atoms with Crippen molar-refractivity contribution in [3.8, 4) is 0 Å². The highest BCUT2D eigenvalue weighted by Gasteiger charge is 2.61. The highest BCUT2D eigenvalue weighted by atomic mass is 19.3. The number of halogens is 3. The van der Waals surface area contributed by atoms with E-state index in [0.29, 0.717) is 18.8 Å². The number of esters is 1. The number of nitrogens with one attached hydrogen (secondary N) is 1. The molecule has 1 aliphatic carbocycles. The van der Waals surface area contributed by atoms with Crippen LogP contribution in [-0.4, -0.2) is 62.3 Å². The van der Waals surface area contributed by atoms with E-state index >= 15 is 0 Å². The molecule has 0 spiro atoms. The summed E-state index contributed by atoms with van der Waals surface area (Å²) in [5, 5.41) is 2.05. The minimum absolute atomic E-state index is 0.118. The van der Waals surface area contributed by atoms with E-state index in [1.165, 1.54) is 12.1 Å². The van der Waals surface area contributed by atoms with Crippen LogP contribution in [0.4, 0.5) is 29.3 Å². The van der Waals surface area contributed by atoms with Crippen molar-refractivity contribution in [1.82, 2.24) is 5.32 Å². The lowest BCUT2D eigenvalue weighted by atomic mass is 10.1. The number of nitrogens with zero attached hydrogens (tertiary/aromatic N) is 2. The van der Waals surface area contributed by atoms with Gasteiger partial charge >= 0.3 is 18.5 Å². The Morgan fingerprint density at radius 3 is 2.48 bits per heavy atom. The third-order valence-electron chi connectivity index (χ3n) is 6.09. The maximum absolute atomic E-state index is 15.0. The lowest BCUT2D eigenvalue weighted by molar-refractivity contribution is -0.157. The monoisotopic (exact) mass is 469 g/mol. The van der Waals surface area contributed by atoms with Gasteiger partial charge in [-0.25, -0.2) is 9.18 Å². The predicted molar refractivity (Wildman–Crippen MR) is 112 cm³/mol. The molecule has 11 heteroatoms. The lowest BCUT2D eigenvalue weighted by Gasteiger charge is -2.26. The molecule has 1 saturated carbocycles. The summed E-state index contributed by atoms with van der Waals surface area (Å²) in [7, 11) is 0. The van der Waals surface area contributed by atoms with Crippen molar-refractivity contribution in [3.05, 3.63) is 24.0 Å². The molecule has 1 unspecified atom stereocenters. The summed E-state index contributed by atoms with van der Waals surface area (Å²) in [6, 6.07) is 3.53. The summed E-state index contributed by atoms with van der Waals surface area (Å²) >= 11 is 0. The summed E-state index contributed by atoms with van der Waals surface area (Å²) in [6.07, 6.45) is -3.92. The molecule has 1 N–H and O–H groups in total. The number of fused-ring (bicyclic) bond motifs is 1. The van der Waals surface area contributed by atoms with Crippen LogP contribution < -0.4 is 15.1 Å². The van der Waals surface area contributed by atoms with Crippen LogP contribution in [0.2, 0.25) is 0 Å². The Balaban J connectivity index is 1.39. The second-order valence-electron chi connectivity index (χ2n) is 9.57. The van der Waals surface area contributed by atoms with Crippen LogP contribution in [0.15, 0.2) is 18.2 Å². The average molecular weight is 469 g/mol. The van der Waals surface area contributed by atoms with Gasteiger partial charge in [-0.1, -0.05) is 0 Å². The first-order valence-electron chi connectivity index (χ1n) is 10.8. The molecule has 4 rings (SSSR count). The molecule has 2 saturated heterocycles. The summed E-state index contributed by atoms with van der Waals surface area (Å²) in [5.41, 5.74) is 0.00180. The number of piperidine rings is 1. The number of alkyl halides is 2. The van der Waals surface area contributed by atoms with E-state index in [9.17, 15) is 27.6 Å². The smallest absolute Gasteiger partial charge is 0.414 e. The highest BCUT2D eigenvalue weighted by molar-refractivity contribution is 5.91. The van der Waals surface area contributed by atoms with Gasteiger partial charge in [-0.3, -0.25) is 14.5 Å². The van der Waals surface area contributed by atoms with Gasteiger partial charge in [-0.15, -0.1) is 0 Å². The molecule has 0 aromatic heterocycles. The Morgan fingerprint density at radius 2 is 1.91 bits per heavy atom. The average Bonchev–Trinajstić information content (AvgIpc) is 3.02. The van der Waals surface area contributed by atoms with Crippen molar-refractivity contribution in [2.75, 3.05) is 36.0 Å². The fourth-order valence-corrected chi connectivity index (χ4v) is 4.57. The molecular weight excluding hydrogens is 443 g/mol. The molecule has 3 fully saturated rings.